The lowest BCUT2D eigenvalue weighted by atomic mass is 10.1. The second-order valence-electron chi connectivity index (χ2n) is 4.19. The fourth-order valence-electron chi connectivity index (χ4n) is 1.32. The Labute approximate surface area is 99.0 Å². The van der Waals surface area contributed by atoms with Crippen LogP contribution in [-0.2, 0) is 10.3 Å². The SMILES string of the molecule is COC(C)(C)c1noc(-c2cccc(O)c2)n1. The van der Waals surface area contributed by atoms with Gasteiger partial charge in [-0.1, -0.05) is 11.2 Å². The molecule has 90 valence electrons. The van der Waals surface area contributed by atoms with E-state index in [-0.39, 0.29) is 5.75 Å². The Kier molecular flexibility index (Phi) is 2.85. The van der Waals surface area contributed by atoms with E-state index in [9.17, 15) is 5.11 Å². The Balaban J connectivity index is 2.36. The monoisotopic (exact) mass is 234 g/mol. The summed E-state index contributed by atoms with van der Waals surface area (Å²) in [5, 5.41) is 13.2. The van der Waals surface area contributed by atoms with Gasteiger partial charge in [-0.05, 0) is 32.0 Å². The summed E-state index contributed by atoms with van der Waals surface area (Å²) in [6.45, 7) is 3.70. The number of phenols is 1. The summed E-state index contributed by atoms with van der Waals surface area (Å²) in [5.74, 6) is 0.993. The van der Waals surface area contributed by atoms with E-state index in [1.807, 2.05) is 13.8 Å². The minimum atomic E-state index is -0.599. The maximum absolute atomic E-state index is 9.37. The van der Waals surface area contributed by atoms with Crippen LogP contribution in [0.25, 0.3) is 11.5 Å². The molecule has 0 unspecified atom stereocenters. The Morgan fingerprint density at radius 1 is 1.35 bits per heavy atom. The van der Waals surface area contributed by atoms with E-state index in [0.29, 0.717) is 17.3 Å². The lowest BCUT2D eigenvalue weighted by Crippen LogP contribution is -2.21. The van der Waals surface area contributed by atoms with Crippen molar-refractivity contribution in [2.75, 3.05) is 7.11 Å². The minimum absolute atomic E-state index is 0.160. The Bertz CT molecular complexity index is 520. The molecule has 0 spiro atoms. The standard InChI is InChI=1S/C12H14N2O3/c1-12(2,16-3)11-13-10(17-14-11)8-5-4-6-9(15)7-8/h4-7,15H,1-3H3. The third kappa shape index (κ3) is 2.29. The van der Waals surface area contributed by atoms with Crippen molar-refractivity contribution in [2.24, 2.45) is 0 Å². The van der Waals surface area contributed by atoms with E-state index in [2.05, 4.69) is 10.1 Å². The van der Waals surface area contributed by atoms with Crippen LogP contribution in [0, 0.1) is 0 Å². The number of aromatic hydroxyl groups is 1. The van der Waals surface area contributed by atoms with Crippen molar-refractivity contribution in [1.82, 2.24) is 10.1 Å². The molecule has 5 heteroatoms. The van der Waals surface area contributed by atoms with Crippen molar-refractivity contribution in [3.8, 4) is 17.2 Å². The number of aromatic nitrogens is 2. The number of rotatable bonds is 3. The van der Waals surface area contributed by atoms with Crippen LogP contribution >= 0.6 is 0 Å². The van der Waals surface area contributed by atoms with Gasteiger partial charge in [0.1, 0.15) is 11.4 Å². The highest BCUT2D eigenvalue weighted by atomic mass is 16.5. The molecule has 0 bridgehead atoms. The molecule has 1 N–H and O–H groups in total. The van der Waals surface area contributed by atoms with E-state index < -0.39 is 5.60 Å². The van der Waals surface area contributed by atoms with Crippen LogP contribution in [0.15, 0.2) is 28.8 Å². The zero-order valence-corrected chi connectivity index (χ0v) is 9.97. The summed E-state index contributed by atoms with van der Waals surface area (Å²) in [4.78, 5) is 4.25. The highest BCUT2D eigenvalue weighted by molar-refractivity contribution is 5.55. The molecule has 0 aliphatic rings. The number of hydrogen-bond acceptors (Lipinski definition) is 5. The molecule has 0 aliphatic carbocycles. The largest absolute Gasteiger partial charge is 0.508 e. The lowest BCUT2D eigenvalue weighted by molar-refractivity contribution is 0.00973. The number of benzene rings is 1. The molecule has 0 saturated carbocycles. The summed E-state index contributed by atoms with van der Waals surface area (Å²) < 4.78 is 10.4. The van der Waals surface area contributed by atoms with Crippen LogP contribution in [0.4, 0.5) is 0 Å². The normalized spacial score (nSPS) is 11.7. The van der Waals surface area contributed by atoms with Gasteiger partial charge >= 0.3 is 0 Å². The third-order valence-corrected chi connectivity index (χ3v) is 2.57. The molecule has 0 radical (unpaired) electrons. The average Bonchev–Trinajstić information content (AvgIpc) is 2.79. The van der Waals surface area contributed by atoms with Gasteiger partial charge in [0.25, 0.3) is 5.89 Å². The van der Waals surface area contributed by atoms with Crippen molar-refractivity contribution in [3.05, 3.63) is 30.1 Å². The van der Waals surface area contributed by atoms with Crippen LogP contribution in [0.2, 0.25) is 0 Å². The number of methoxy groups -OCH3 is 1. The molecule has 0 fully saturated rings. The van der Waals surface area contributed by atoms with Crippen molar-refractivity contribution >= 4 is 0 Å². The van der Waals surface area contributed by atoms with Gasteiger partial charge in [-0.15, -0.1) is 0 Å². The summed E-state index contributed by atoms with van der Waals surface area (Å²) >= 11 is 0. The van der Waals surface area contributed by atoms with E-state index in [4.69, 9.17) is 9.26 Å². The Hall–Kier alpha value is -1.88. The molecular formula is C12H14N2O3. The summed E-state index contributed by atoms with van der Waals surface area (Å²) in [6, 6.07) is 6.66. The van der Waals surface area contributed by atoms with Gasteiger partial charge in [0.2, 0.25) is 5.82 Å². The van der Waals surface area contributed by atoms with Gasteiger partial charge in [-0.2, -0.15) is 4.98 Å². The van der Waals surface area contributed by atoms with E-state index in [0.717, 1.165) is 0 Å². The first-order valence-electron chi connectivity index (χ1n) is 5.21. The molecule has 17 heavy (non-hydrogen) atoms. The zero-order valence-electron chi connectivity index (χ0n) is 9.97. The van der Waals surface area contributed by atoms with E-state index in [1.54, 1.807) is 31.4 Å². The van der Waals surface area contributed by atoms with E-state index in [1.165, 1.54) is 0 Å². The first kappa shape index (κ1) is 11.6. The molecule has 2 aromatic rings. The predicted molar refractivity (Wildman–Crippen MR) is 61.4 cm³/mol. The molecule has 0 amide bonds. The second kappa shape index (κ2) is 4.18. The highest BCUT2D eigenvalue weighted by Crippen LogP contribution is 2.26. The van der Waals surface area contributed by atoms with Crippen molar-refractivity contribution in [3.63, 3.8) is 0 Å². The molecule has 0 saturated heterocycles. The number of ether oxygens (including phenoxy) is 1. The molecule has 1 heterocycles. The number of phenolic OH excluding ortho intramolecular Hbond substituents is 1. The molecule has 2 rings (SSSR count). The number of hydrogen-bond donors (Lipinski definition) is 1. The quantitative estimate of drug-likeness (QED) is 0.882. The van der Waals surface area contributed by atoms with Crippen LogP contribution < -0.4 is 0 Å². The van der Waals surface area contributed by atoms with Crippen molar-refractivity contribution in [2.45, 2.75) is 19.4 Å². The Morgan fingerprint density at radius 2 is 2.12 bits per heavy atom. The van der Waals surface area contributed by atoms with Gasteiger partial charge in [-0.3, -0.25) is 0 Å². The molecule has 1 aromatic heterocycles. The average molecular weight is 234 g/mol. The topological polar surface area (TPSA) is 68.4 Å². The molecule has 0 atom stereocenters. The molecular weight excluding hydrogens is 220 g/mol. The molecule has 1 aromatic carbocycles. The van der Waals surface area contributed by atoms with Crippen LogP contribution in [0.1, 0.15) is 19.7 Å². The van der Waals surface area contributed by atoms with Gasteiger partial charge < -0.3 is 14.4 Å². The second-order valence-corrected chi connectivity index (χ2v) is 4.19. The predicted octanol–water partition coefficient (Wildman–Crippen LogP) is 2.32. The van der Waals surface area contributed by atoms with Gasteiger partial charge in [0.15, 0.2) is 0 Å². The third-order valence-electron chi connectivity index (χ3n) is 2.57. The molecule has 5 nitrogen and oxygen atoms in total. The van der Waals surface area contributed by atoms with Gasteiger partial charge in [0, 0.05) is 12.7 Å². The first-order chi connectivity index (χ1) is 8.03. The van der Waals surface area contributed by atoms with Crippen LogP contribution in [-0.4, -0.2) is 22.4 Å². The summed E-state index contributed by atoms with van der Waals surface area (Å²) in [5.41, 5.74) is 0.0779. The van der Waals surface area contributed by atoms with Crippen molar-refractivity contribution in [1.29, 1.82) is 0 Å². The van der Waals surface area contributed by atoms with Crippen LogP contribution in [0.3, 0.4) is 0 Å². The smallest absolute Gasteiger partial charge is 0.258 e. The summed E-state index contributed by atoms with van der Waals surface area (Å²) in [7, 11) is 1.59. The fraction of sp³-hybridized carbons (Fsp3) is 0.333. The number of nitrogens with zero attached hydrogens (tertiary/aromatic N) is 2. The lowest BCUT2D eigenvalue weighted by Gasteiger charge is -2.17. The Morgan fingerprint density at radius 3 is 2.76 bits per heavy atom. The van der Waals surface area contributed by atoms with Gasteiger partial charge in [0.05, 0.1) is 0 Å². The van der Waals surface area contributed by atoms with E-state index >= 15 is 0 Å². The van der Waals surface area contributed by atoms with Crippen LogP contribution in [0.5, 0.6) is 5.75 Å². The molecule has 0 aliphatic heterocycles. The maximum Gasteiger partial charge on any atom is 0.258 e. The first-order valence-corrected chi connectivity index (χ1v) is 5.21. The highest BCUT2D eigenvalue weighted by Gasteiger charge is 2.26. The van der Waals surface area contributed by atoms with Gasteiger partial charge in [-0.25, -0.2) is 0 Å². The maximum atomic E-state index is 9.37. The fourth-order valence-corrected chi connectivity index (χ4v) is 1.32. The van der Waals surface area contributed by atoms with Crippen molar-refractivity contribution < 1.29 is 14.4 Å². The minimum Gasteiger partial charge on any atom is -0.508 e. The zero-order chi connectivity index (χ0) is 12.5. The summed E-state index contributed by atoms with van der Waals surface area (Å²) in [6.07, 6.45) is 0.